The van der Waals surface area contributed by atoms with Crippen molar-refractivity contribution in [3.8, 4) is 5.82 Å². The predicted octanol–water partition coefficient (Wildman–Crippen LogP) is 2.52. The van der Waals surface area contributed by atoms with E-state index in [-0.39, 0.29) is 17.3 Å². The lowest BCUT2D eigenvalue weighted by Gasteiger charge is -2.33. The molecule has 174 valence electrons. The molecule has 34 heavy (non-hydrogen) atoms. The van der Waals surface area contributed by atoms with Crippen LogP contribution in [0.1, 0.15) is 47.9 Å². The number of piperidine rings is 1. The van der Waals surface area contributed by atoms with Gasteiger partial charge in [-0.2, -0.15) is 9.78 Å². The van der Waals surface area contributed by atoms with Crippen molar-refractivity contribution in [2.24, 2.45) is 5.10 Å². The SMILES string of the molecule is CC1CCCCN1Cc1c(C(=O)N/N=C\c2cccc3ccccc23)nnn1-c1nonc1N. The number of anilines is 1. The van der Waals surface area contributed by atoms with Crippen molar-refractivity contribution in [2.75, 3.05) is 12.3 Å². The van der Waals surface area contributed by atoms with E-state index >= 15 is 0 Å². The first kappa shape index (κ1) is 21.7. The first-order valence-electron chi connectivity index (χ1n) is 11.2. The van der Waals surface area contributed by atoms with E-state index in [1.165, 1.54) is 11.1 Å². The van der Waals surface area contributed by atoms with E-state index in [4.69, 9.17) is 10.4 Å². The first-order chi connectivity index (χ1) is 16.6. The van der Waals surface area contributed by atoms with Crippen LogP contribution in [0.2, 0.25) is 0 Å². The Hall–Kier alpha value is -4.12. The number of likely N-dealkylation sites (tertiary alicyclic amines) is 1. The molecule has 0 radical (unpaired) electrons. The minimum atomic E-state index is -0.475. The molecule has 11 heteroatoms. The molecule has 2 aromatic heterocycles. The lowest BCUT2D eigenvalue weighted by Crippen LogP contribution is -2.38. The van der Waals surface area contributed by atoms with Gasteiger partial charge in [-0.1, -0.05) is 54.1 Å². The molecule has 1 aliphatic heterocycles. The van der Waals surface area contributed by atoms with Crippen LogP contribution in [0.5, 0.6) is 0 Å². The van der Waals surface area contributed by atoms with Crippen LogP contribution >= 0.6 is 0 Å². The summed E-state index contributed by atoms with van der Waals surface area (Å²) in [6.07, 6.45) is 4.99. The quantitative estimate of drug-likeness (QED) is 0.331. The van der Waals surface area contributed by atoms with E-state index in [0.29, 0.717) is 18.3 Å². The minimum absolute atomic E-state index is 0.0683. The third-order valence-electron chi connectivity index (χ3n) is 6.16. The number of hydrogen-bond donors (Lipinski definition) is 2. The van der Waals surface area contributed by atoms with Gasteiger partial charge in [-0.3, -0.25) is 9.69 Å². The number of aromatic nitrogens is 5. The zero-order valence-corrected chi connectivity index (χ0v) is 18.8. The number of nitrogens with zero attached hydrogens (tertiary/aromatic N) is 7. The number of benzene rings is 2. The number of nitrogens with two attached hydrogens (primary N) is 1. The maximum atomic E-state index is 13.1. The Labute approximate surface area is 195 Å². The van der Waals surface area contributed by atoms with Crippen LogP contribution in [0.3, 0.4) is 0 Å². The van der Waals surface area contributed by atoms with E-state index in [0.717, 1.165) is 35.7 Å². The molecule has 1 saturated heterocycles. The average Bonchev–Trinajstić information content (AvgIpc) is 3.46. The fourth-order valence-electron chi connectivity index (χ4n) is 4.29. The number of carbonyl (C=O) groups excluding carboxylic acids is 1. The van der Waals surface area contributed by atoms with Crippen LogP contribution in [0.15, 0.2) is 52.2 Å². The van der Waals surface area contributed by atoms with E-state index in [9.17, 15) is 4.79 Å². The van der Waals surface area contributed by atoms with Crippen LogP contribution in [-0.2, 0) is 6.54 Å². The second-order valence-electron chi connectivity index (χ2n) is 8.35. The number of carbonyl (C=O) groups is 1. The number of hydrogen-bond acceptors (Lipinski definition) is 9. The highest BCUT2D eigenvalue weighted by Crippen LogP contribution is 2.23. The molecule has 3 heterocycles. The third-order valence-corrected chi connectivity index (χ3v) is 6.16. The van der Waals surface area contributed by atoms with Gasteiger partial charge in [-0.15, -0.1) is 5.10 Å². The highest BCUT2D eigenvalue weighted by molar-refractivity contribution is 6.00. The van der Waals surface area contributed by atoms with Crippen LogP contribution in [0, 0.1) is 0 Å². The van der Waals surface area contributed by atoms with Crippen molar-refractivity contribution < 1.29 is 9.42 Å². The number of fused-ring (bicyclic) bond motifs is 1. The highest BCUT2D eigenvalue weighted by atomic mass is 16.6. The van der Waals surface area contributed by atoms with Crippen molar-refractivity contribution >= 4 is 28.7 Å². The van der Waals surface area contributed by atoms with Gasteiger partial charge >= 0.3 is 0 Å². The minimum Gasteiger partial charge on any atom is -0.378 e. The fraction of sp³-hybridized carbons (Fsp3) is 0.304. The molecule has 0 spiro atoms. The molecule has 1 fully saturated rings. The summed E-state index contributed by atoms with van der Waals surface area (Å²) in [6, 6.07) is 14.3. The summed E-state index contributed by atoms with van der Waals surface area (Å²) in [5, 5.41) is 22.0. The van der Waals surface area contributed by atoms with Crippen molar-refractivity contribution in [1.29, 1.82) is 0 Å². The van der Waals surface area contributed by atoms with Gasteiger partial charge < -0.3 is 5.73 Å². The Morgan fingerprint density at radius 2 is 2.09 bits per heavy atom. The average molecular weight is 460 g/mol. The molecule has 1 amide bonds. The van der Waals surface area contributed by atoms with Crippen LogP contribution in [0.25, 0.3) is 16.6 Å². The summed E-state index contributed by atoms with van der Waals surface area (Å²) in [4.78, 5) is 15.4. The summed E-state index contributed by atoms with van der Waals surface area (Å²) in [7, 11) is 0. The lowest BCUT2D eigenvalue weighted by molar-refractivity contribution is 0.0945. The van der Waals surface area contributed by atoms with Gasteiger partial charge in [0, 0.05) is 18.2 Å². The Balaban J connectivity index is 1.42. The van der Waals surface area contributed by atoms with Crippen LogP contribution in [0.4, 0.5) is 5.82 Å². The van der Waals surface area contributed by atoms with E-state index in [1.54, 1.807) is 6.21 Å². The molecule has 4 aromatic rings. The van der Waals surface area contributed by atoms with Crippen molar-refractivity contribution in [3.05, 3.63) is 59.4 Å². The molecule has 1 atom stereocenters. The van der Waals surface area contributed by atoms with Crippen molar-refractivity contribution in [2.45, 2.75) is 38.8 Å². The molecule has 0 saturated carbocycles. The molecule has 2 aromatic carbocycles. The molecule has 11 nitrogen and oxygen atoms in total. The standard InChI is InChI=1S/C23H25N9O2/c1-15-7-4-5-12-31(15)14-19-20(26-30-32(19)22-21(24)28-34-29-22)23(33)27-25-13-17-10-6-9-16-8-2-3-11-18(16)17/h2-3,6,8-11,13,15H,4-5,7,12,14H2,1H3,(H2,24,28)(H,27,33)/b25-13-. The number of hydrazone groups is 1. The fourth-order valence-corrected chi connectivity index (χ4v) is 4.29. The molecular formula is C23H25N9O2. The summed E-state index contributed by atoms with van der Waals surface area (Å²) in [6.45, 7) is 3.54. The second kappa shape index (κ2) is 9.40. The lowest BCUT2D eigenvalue weighted by atomic mass is 10.0. The molecule has 5 rings (SSSR count). The third kappa shape index (κ3) is 4.25. The zero-order valence-electron chi connectivity index (χ0n) is 18.8. The predicted molar refractivity (Wildman–Crippen MR) is 126 cm³/mol. The monoisotopic (exact) mass is 459 g/mol. The van der Waals surface area contributed by atoms with Crippen molar-refractivity contribution in [3.63, 3.8) is 0 Å². The number of rotatable bonds is 6. The van der Waals surface area contributed by atoms with Gasteiger partial charge in [-0.25, -0.2) is 10.1 Å². The Kier molecular flexibility index (Phi) is 6.00. The number of nitrogens with one attached hydrogen (secondary N) is 1. The molecule has 0 bridgehead atoms. The maximum Gasteiger partial charge on any atom is 0.293 e. The van der Waals surface area contributed by atoms with Gasteiger partial charge in [0.15, 0.2) is 5.69 Å². The first-order valence-corrected chi connectivity index (χ1v) is 11.2. The maximum absolute atomic E-state index is 13.1. The van der Waals surface area contributed by atoms with Gasteiger partial charge in [0.1, 0.15) is 0 Å². The van der Waals surface area contributed by atoms with Crippen LogP contribution < -0.4 is 11.2 Å². The molecule has 1 unspecified atom stereocenters. The molecule has 1 aliphatic rings. The van der Waals surface area contributed by atoms with Crippen molar-refractivity contribution in [1.82, 2.24) is 35.6 Å². The Morgan fingerprint density at radius 1 is 1.24 bits per heavy atom. The Bertz CT molecular complexity index is 1340. The topological polar surface area (TPSA) is 140 Å². The Morgan fingerprint density at radius 3 is 2.91 bits per heavy atom. The van der Waals surface area contributed by atoms with Gasteiger partial charge in [0.05, 0.1) is 11.9 Å². The molecular weight excluding hydrogens is 434 g/mol. The summed E-state index contributed by atoms with van der Waals surface area (Å²) < 4.78 is 6.15. The summed E-state index contributed by atoms with van der Waals surface area (Å²) in [5.74, 6) is -0.207. The molecule has 3 N–H and O–H groups in total. The van der Waals surface area contributed by atoms with Gasteiger partial charge in [0.2, 0.25) is 11.6 Å². The summed E-state index contributed by atoms with van der Waals surface area (Å²) in [5.41, 5.74) is 10.1. The highest BCUT2D eigenvalue weighted by Gasteiger charge is 2.28. The summed E-state index contributed by atoms with van der Waals surface area (Å²) >= 11 is 0. The normalized spacial score (nSPS) is 16.9. The van der Waals surface area contributed by atoms with Gasteiger partial charge in [0.25, 0.3) is 5.91 Å². The van der Waals surface area contributed by atoms with Crippen LogP contribution in [-0.4, -0.2) is 54.9 Å². The van der Waals surface area contributed by atoms with E-state index in [1.807, 2.05) is 42.5 Å². The largest absolute Gasteiger partial charge is 0.378 e. The number of amides is 1. The van der Waals surface area contributed by atoms with Gasteiger partial charge in [-0.05, 0) is 47.4 Å². The zero-order chi connectivity index (χ0) is 23.5. The smallest absolute Gasteiger partial charge is 0.293 e. The van der Waals surface area contributed by atoms with E-state index in [2.05, 4.69) is 43.0 Å². The van der Waals surface area contributed by atoms with E-state index < -0.39 is 5.91 Å². The number of nitrogen functional groups attached to an aromatic ring is 1. The second-order valence-corrected chi connectivity index (χ2v) is 8.35. The molecule has 0 aliphatic carbocycles.